The Balaban J connectivity index is 2.06. The van der Waals surface area contributed by atoms with Gasteiger partial charge in [-0.1, -0.05) is 6.92 Å². The molecule has 0 radical (unpaired) electrons. The number of nitrogens with one attached hydrogen (secondary N) is 2. The van der Waals surface area contributed by atoms with Crippen LogP contribution in [0.1, 0.15) is 24.7 Å². The Kier molecular flexibility index (Phi) is 6.25. The molecule has 0 bridgehead atoms. The van der Waals surface area contributed by atoms with Gasteiger partial charge in [0.05, 0.1) is 0 Å². The molecule has 0 amide bonds. The zero-order chi connectivity index (χ0) is 14.4. The van der Waals surface area contributed by atoms with E-state index in [9.17, 15) is 0 Å². The summed E-state index contributed by atoms with van der Waals surface area (Å²) in [5.41, 5.74) is 3.66. The Labute approximate surface area is 129 Å². The summed E-state index contributed by atoms with van der Waals surface area (Å²) in [4.78, 5) is 9.06. The van der Waals surface area contributed by atoms with Crippen LogP contribution in [-0.4, -0.2) is 39.0 Å². The summed E-state index contributed by atoms with van der Waals surface area (Å²) in [5.74, 6) is 11.8. The van der Waals surface area contributed by atoms with Gasteiger partial charge in [0.2, 0.25) is 0 Å². The topological polar surface area (TPSA) is 75.9 Å². The number of thioether (sulfide) groups is 2. The lowest BCUT2D eigenvalue weighted by Crippen LogP contribution is -2.24. The van der Waals surface area contributed by atoms with Gasteiger partial charge in [0.15, 0.2) is 0 Å². The zero-order valence-electron chi connectivity index (χ0n) is 12.1. The first-order valence-corrected chi connectivity index (χ1v) is 9.22. The number of aromatic nitrogens is 2. The average Bonchev–Trinajstić information content (AvgIpc) is 2.48. The molecule has 1 fully saturated rings. The van der Waals surface area contributed by atoms with E-state index in [-0.39, 0.29) is 0 Å². The van der Waals surface area contributed by atoms with Crippen LogP contribution in [0.25, 0.3) is 0 Å². The van der Waals surface area contributed by atoms with Crippen LogP contribution in [0.5, 0.6) is 0 Å². The van der Waals surface area contributed by atoms with Crippen LogP contribution in [0.2, 0.25) is 0 Å². The average molecular weight is 313 g/mol. The molecule has 4 N–H and O–H groups in total. The van der Waals surface area contributed by atoms with E-state index in [2.05, 4.69) is 27.6 Å². The molecule has 1 saturated heterocycles. The summed E-state index contributed by atoms with van der Waals surface area (Å²) in [6, 6.07) is 0. The van der Waals surface area contributed by atoms with Gasteiger partial charge in [0, 0.05) is 41.0 Å². The molecule has 0 aliphatic carbocycles. The molecule has 1 unspecified atom stereocenters. The maximum atomic E-state index is 5.55. The van der Waals surface area contributed by atoms with Gasteiger partial charge in [-0.2, -0.15) is 23.5 Å². The van der Waals surface area contributed by atoms with Gasteiger partial charge >= 0.3 is 0 Å². The molecule has 1 aromatic heterocycles. The molecule has 0 aromatic carbocycles. The Bertz CT molecular complexity index is 435. The number of nitrogen functional groups attached to an aromatic ring is 1. The third kappa shape index (κ3) is 4.17. The summed E-state index contributed by atoms with van der Waals surface area (Å²) < 4.78 is 0. The van der Waals surface area contributed by atoms with Crippen LogP contribution in [-0.2, 0) is 6.42 Å². The molecule has 0 spiro atoms. The standard InChI is InChI=1S/C13H23N5S2/c1-3-4-11-16-12(9(2)13(17-11)18-14)15-7-10-8-19-5-6-20-10/h10H,3-8,14H2,1-2H3,(H2,15,16,17,18). The van der Waals surface area contributed by atoms with Crippen molar-refractivity contribution in [2.24, 2.45) is 5.84 Å². The molecule has 1 aliphatic rings. The highest BCUT2D eigenvalue weighted by molar-refractivity contribution is 8.06. The quantitative estimate of drug-likeness (QED) is 0.549. The van der Waals surface area contributed by atoms with Gasteiger partial charge in [-0.05, 0) is 13.3 Å². The van der Waals surface area contributed by atoms with Crippen molar-refractivity contribution in [2.75, 3.05) is 34.5 Å². The predicted molar refractivity (Wildman–Crippen MR) is 90.6 cm³/mol. The molecule has 2 rings (SSSR count). The second kappa shape index (κ2) is 7.95. The number of hydrogen-bond acceptors (Lipinski definition) is 7. The first kappa shape index (κ1) is 15.7. The molecule has 7 heteroatoms. The van der Waals surface area contributed by atoms with E-state index in [0.29, 0.717) is 5.25 Å². The molecule has 1 atom stereocenters. The monoisotopic (exact) mass is 313 g/mol. The van der Waals surface area contributed by atoms with Gasteiger partial charge in [-0.15, -0.1) is 0 Å². The molecule has 1 aromatic rings. The fourth-order valence-corrected chi connectivity index (χ4v) is 4.69. The molecular weight excluding hydrogens is 290 g/mol. The number of anilines is 2. The third-order valence-corrected chi connectivity index (χ3v) is 6.03. The van der Waals surface area contributed by atoms with Crippen molar-refractivity contribution in [2.45, 2.75) is 31.9 Å². The van der Waals surface area contributed by atoms with E-state index in [0.717, 1.165) is 42.4 Å². The Morgan fingerprint density at radius 3 is 2.75 bits per heavy atom. The maximum Gasteiger partial charge on any atom is 0.148 e. The summed E-state index contributed by atoms with van der Waals surface area (Å²) in [6.45, 7) is 5.07. The second-order valence-corrected chi connectivity index (χ2v) is 7.36. The van der Waals surface area contributed by atoms with Crippen molar-refractivity contribution >= 4 is 35.2 Å². The summed E-state index contributed by atoms with van der Waals surface area (Å²) in [6.07, 6.45) is 1.90. The molecular formula is C13H23N5S2. The van der Waals surface area contributed by atoms with Crippen LogP contribution in [0.3, 0.4) is 0 Å². The van der Waals surface area contributed by atoms with E-state index in [1.807, 2.05) is 30.4 Å². The van der Waals surface area contributed by atoms with Crippen molar-refractivity contribution in [1.29, 1.82) is 0 Å². The smallest absolute Gasteiger partial charge is 0.148 e. The van der Waals surface area contributed by atoms with Crippen molar-refractivity contribution in [3.63, 3.8) is 0 Å². The van der Waals surface area contributed by atoms with Gasteiger partial charge in [-0.25, -0.2) is 15.8 Å². The van der Waals surface area contributed by atoms with E-state index in [4.69, 9.17) is 5.84 Å². The van der Waals surface area contributed by atoms with Crippen LogP contribution < -0.4 is 16.6 Å². The minimum atomic E-state index is 0.659. The van der Waals surface area contributed by atoms with Gasteiger partial charge in [-0.3, -0.25) is 0 Å². The Morgan fingerprint density at radius 2 is 2.10 bits per heavy atom. The fourth-order valence-electron chi connectivity index (χ4n) is 2.08. The number of hydrazine groups is 1. The lowest BCUT2D eigenvalue weighted by atomic mass is 10.2. The highest BCUT2D eigenvalue weighted by Gasteiger charge is 2.16. The summed E-state index contributed by atoms with van der Waals surface area (Å²) >= 11 is 4.08. The highest BCUT2D eigenvalue weighted by Crippen LogP contribution is 2.25. The minimum absolute atomic E-state index is 0.659. The fraction of sp³-hybridized carbons (Fsp3) is 0.692. The number of nitrogens with zero attached hydrogens (tertiary/aromatic N) is 2. The van der Waals surface area contributed by atoms with Crippen molar-refractivity contribution < 1.29 is 0 Å². The molecule has 2 heterocycles. The van der Waals surface area contributed by atoms with Gasteiger partial charge in [0.25, 0.3) is 0 Å². The third-order valence-electron chi connectivity index (χ3n) is 3.18. The van der Waals surface area contributed by atoms with Crippen LogP contribution >= 0.6 is 23.5 Å². The lowest BCUT2D eigenvalue weighted by Gasteiger charge is -2.22. The Hall–Kier alpha value is -0.660. The largest absolute Gasteiger partial charge is 0.369 e. The van der Waals surface area contributed by atoms with E-state index in [1.165, 1.54) is 17.3 Å². The van der Waals surface area contributed by atoms with Crippen LogP contribution in [0.15, 0.2) is 0 Å². The maximum absolute atomic E-state index is 5.55. The number of hydrogen-bond donors (Lipinski definition) is 3. The van der Waals surface area contributed by atoms with E-state index >= 15 is 0 Å². The minimum Gasteiger partial charge on any atom is -0.369 e. The van der Waals surface area contributed by atoms with Crippen molar-refractivity contribution in [3.8, 4) is 0 Å². The first-order chi connectivity index (χ1) is 9.74. The SMILES string of the molecule is CCCc1nc(NN)c(C)c(NCC2CSCCS2)n1. The molecule has 0 saturated carbocycles. The van der Waals surface area contributed by atoms with Crippen LogP contribution in [0.4, 0.5) is 11.6 Å². The van der Waals surface area contributed by atoms with Gasteiger partial charge < -0.3 is 10.7 Å². The van der Waals surface area contributed by atoms with Gasteiger partial charge in [0.1, 0.15) is 17.5 Å². The van der Waals surface area contributed by atoms with Crippen LogP contribution in [0, 0.1) is 6.92 Å². The number of aryl methyl sites for hydroxylation is 1. The number of rotatable bonds is 6. The first-order valence-electron chi connectivity index (χ1n) is 7.02. The molecule has 1 aliphatic heterocycles. The Morgan fingerprint density at radius 1 is 1.30 bits per heavy atom. The number of nitrogens with two attached hydrogens (primary N) is 1. The summed E-state index contributed by atoms with van der Waals surface area (Å²) in [5, 5.41) is 4.13. The van der Waals surface area contributed by atoms with Crippen molar-refractivity contribution in [3.05, 3.63) is 11.4 Å². The molecule has 112 valence electrons. The van der Waals surface area contributed by atoms with E-state index < -0.39 is 0 Å². The molecule has 5 nitrogen and oxygen atoms in total. The highest BCUT2D eigenvalue weighted by atomic mass is 32.2. The summed E-state index contributed by atoms with van der Waals surface area (Å²) in [7, 11) is 0. The van der Waals surface area contributed by atoms with Crippen molar-refractivity contribution in [1.82, 2.24) is 9.97 Å². The normalized spacial score (nSPS) is 18.9. The van der Waals surface area contributed by atoms with E-state index in [1.54, 1.807) is 0 Å². The lowest BCUT2D eigenvalue weighted by molar-refractivity contribution is 0.829. The zero-order valence-corrected chi connectivity index (χ0v) is 13.7. The second-order valence-electron chi connectivity index (χ2n) is 4.81. The molecule has 20 heavy (non-hydrogen) atoms. The predicted octanol–water partition coefficient (Wildman–Crippen LogP) is 2.28.